The number of aliphatic hydroxyl groups is 3. The van der Waals surface area contributed by atoms with E-state index in [1.165, 1.54) is 18.4 Å². The summed E-state index contributed by atoms with van der Waals surface area (Å²) in [6.07, 6.45) is 17.0. The van der Waals surface area contributed by atoms with Gasteiger partial charge in [-0.2, -0.15) is 11.8 Å². The highest BCUT2D eigenvalue weighted by molar-refractivity contribution is 8.00. The van der Waals surface area contributed by atoms with Crippen LogP contribution in [0.25, 0.3) is 0 Å². The van der Waals surface area contributed by atoms with Crippen LogP contribution < -0.4 is 0 Å². The summed E-state index contributed by atoms with van der Waals surface area (Å²) in [5.74, 6) is 1.46. The first-order valence-corrected chi connectivity index (χ1v) is 13.9. The van der Waals surface area contributed by atoms with Crippen LogP contribution in [0.4, 0.5) is 0 Å². The Kier molecular flexibility index (Phi) is 8.94. The Labute approximate surface area is 205 Å². The molecule has 0 aromatic heterocycles. The molecule has 0 amide bonds. The number of allylic oxidation sites excluding steroid dienone is 4. The molecule has 0 spiro atoms. The molecule has 2 saturated carbocycles. The van der Waals surface area contributed by atoms with Crippen molar-refractivity contribution in [1.82, 2.24) is 0 Å². The van der Waals surface area contributed by atoms with Gasteiger partial charge in [-0.1, -0.05) is 68.9 Å². The van der Waals surface area contributed by atoms with Gasteiger partial charge in [-0.05, 0) is 74.3 Å². The maximum absolute atomic E-state index is 10.5. The molecule has 0 radical (unpaired) electrons. The molecule has 5 atom stereocenters. The molecule has 0 heterocycles. The Morgan fingerprint density at radius 3 is 2.70 bits per heavy atom. The van der Waals surface area contributed by atoms with Crippen molar-refractivity contribution in [3.8, 4) is 0 Å². The van der Waals surface area contributed by atoms with Crippen molar-refractivity contribution in [3.05, 3.63) is 59.3 Å². The minimum atomic E-state index is -0.666. The third-order valence-corrected chi connectivity index (χ3v) is 9.55. The fourth-order valence-corrected chi connectivity index (χ4v) is 7.03. The summed E-state index contributed by atoms with van der Waals surface area (Å²) in [5, 5.41) is 31.1. The van der Waals surface area contributed by atoms with Gasteiger partial charge in [0.1, 0.15) is 0 Å². The van der Waals surface area contributed by atoms with Crippen LogP contribution in [-0.4, -0.2) is 44.1 Å². The summed E-state index contributed by atoms with van der Waals surface area (Å²) in [6.45, 7) is 12.9. The first-order valence-electron chi connectivity index (χ1n) is 12.8. The molecule has 3 aliphatic rings. The van der Waals surface area contributed by atoms with Gasteiger partial charge >= 0.3 is 0 Å². The second-order valence-electron chi connectivity index (χ2n) is 10.5. The largest absolute Gasteiger partial charge is 0.393 e. The van der Waals surface area contributed by atoms with E-state index in [9.17, 15) is 15.3 Å². The van der Waals surface area contributed by atoms with E-state index in [1.807, 2.05) is 31.7 Å². The number of thioether (sulfide) groups is 1. The summed E-state index contributed by atoms with van der Waals surface area (Å²) in [5.41, 5.74) is 4.37. The third kappa shape index (κ3) is 5.96. The Morgan fingerprint density at radius 2 is 2.00 bits per heavy atom. The Balaban J connectivity index is 1.67. The summed E-state index contributed by atoms with van der Waals surface area (Å²) < 4.78 is 0. The molecule has 3 nitrogen and oxygen atoms in total. The molecule has 0 aromatic rings. The van der Waals surface area contributed by atoms with Crippen molar-refractivity contribution in [2.75, 3.05) is 5.75 Å². The fraction of sp³-hybridized carbons (Fsp3) is 0.655. The first-order chi connectivity index (χ1) is 15.6. The summed E-state index contributed by atoms with van der Waals surface area (Å²) in [7, 11) is 0. The van der Waals surface area contributed by atoms with Gasteiger partial charge < -0.3 is 15.3 Å². The average molecular weight is 473 g/mol. The van der Waals surface area contributed by atoms with Gasteiger partial charge in [0.25, 0.3) is 0 Å². The van der Waals surface area contributed by atoms with E-state index in [0.717, 1.165) is 42.6 Å². The zero-order valence-corrected chi connectivity index (χ0v) is 21.8. The van der Waals surface area contributed by atoms with Crippen LogP contribution >= 0.6 is 11.8 Å². The van der Waals surface area contributed by atoms with Crippen LogP contribution in [0.1, 0.15) is 79.1 Å². The molecule has 0 unspecified atom stereocenters. The zero-order valence-electron chi connectivity index (χ0n) is 21.0. The van der Waals surface area contributed by atoms with Crippen molar-refractivity contribution in [2.45, 2.75) is 102 Å². The summed E-state index contributed by atoms with van der Waals surface area (Å²) in [6, 6.07) is 0. The predicted molar refractivity (Wildman–Crippen MR) is 141 cm³/mol. The molecular formula is C29H44O3S. The van der Waals surface area contributed by atoms with Gasteiger partial charge in [-0.25, -0.2) is 0 Å². The predicted octanol–water partition coefficient (Wildman–Crippen LogP) is 6.28. The lowest BCUT2D eigenvalue weighted by molar-refractivity contribution is 0.0826. The second-order valence-corrected chi connectivity index (χ2v) is 11.8. The topological polar surface area (TPSA) is 60.7 Å². The third-order valence-electron chi connectivity index (χ3n) is 8.41. The van der Waals surface area contributed by atoms with E-state index >= 15 is 0 Å². The molecule has 3 aliphatic carbocycles. The van der Waals surface area contributed by atoms with Gasteiger partial charge in [0.05, 0.1) is 17.8 Å². The SMILES string of the molecule is C=C1C(=CC=C2CCC[C@]3(C)C([C@H](C)SC/C=C/C(O)(CC)CC)=CC[C@@H]23)C[C@@H](O)C[C@@H]1O. The van der Waals surface area contributed by atoms with Gasteiger partial charge in [-0.3, -0.25) is 0 Å². The van der Waals surface area contributed by atoms with Gasteiger partial charge in [0, 0.05) is 17.4 Å². The number of hydrogen-bond acceptors (Lipinski definition) is 4. The zero-order chi connectivity index (χ0) is 24.2. The van der Waals surface area contributed by atoms with E-state index in [1.54, 1.807) is 5.57 Å². The lowest BCUT2D eigenvalue weighted by atomic mass is 9.64. The second kappa shape index (κ2) is 11.1. The van der Waals surface area contributed by atoms with Crippen molar-refractivity contribution in [3.63, 3.8) is 0 Å². The molecule has 0 aliphatic heterocycles. The lowest BCUT2D eigenvalue weighted by Crippen LogP contribution is -2.33. The van der Waals surface area contributed by atoms with Crippen LogP contribution in [0.2, 0.25) is 0 Å². The quantitative estimate of drug-likeness (QED) is 0.364. The van der Waals surface area contributed by atoms with E-state index in [4.69, 9.17) is 0 Å². The maximum Gasteiger partial charge on any atom is 0.0822 e. The number of aliphatic hydroxyl groups excluding tert-OH is 2. The Bertz CT molecular complexity index is 832. The highest BCUT2D eigenvalue weighted by atomic mass is 32.2. The van der Waals surface area contributed by atoms with Crippen molar-refractivity contribution >= 4 is 11.8 Å². The van der Waals surface area contributed by atoms with E-state index < -0.39 is 17.8 Å². The lowest BCUT2D eigenvalue weighted by Gasteiger charge is -2.42. The van der Waals surface area contributed by atoms with Crippen LogP contribution in [0.3, 0.4) is 0 Å². The molecule has 3 N–H and O–H groups in total. The van der Waals surface area contributed by atoms with Crippen molar-refractivity contribution in [1.29, 1.82) is 0 Å². The highest BCUT2D eigenvalue weighted by Gasteiger charge is 2.46. The fourth-order valence-electron chi connectivity index (χ4n) is 5.99. The molecule has 184 valence electrons. The summed E-state index contributed by atoms with van der Waals surface area (Å²) in [4.78, 5) is 0. The van der Waals surface area contributed by atoms with Gasteiger partial charge in [0.15, 0.2) is 0 Å². The molecule has 33 heavy (non-hydrogen) atoms. The minimum Gasteiger partial charge on any atom is -0.393 e. The van der Waals surface area contributed by atoms with Crippen LogP contribution in [-0.2, 0) is 0 Å². The Hall–Kier alpha value is -1.07. The van der Waals surface area contributed by atoms with E-state index in [2.05, 4.69) is 44.7 Å². The highest BCUT2D eigenvalue weighted by Crippen LogP contribution is 2.56. The molecule has 0 saturated heterocycles. The number of fused-ring (bicyclic) bond motifs is 1. The molecule has 4 heteroatoms. The number of hydrogen-bond donors (Lipinski definition) is 3. The van der Waals surface area contributed by atoms with E-state index in [-0.39, 0.29) is 5.41 Å². The van der Waals surface area contributed by atoms with Crippen molar-refractivity contribution < 1.29 is 15.3 Å². The Morgan fingerprint density at radius 1 is 1.27 bits per heavy atom. The van der Waals surface area contributed by atoms with Crippen LogP contribution in [0, 0.1) is 11.3 Å². The normalized spacial score (nSPS) is 34.2. The van der Waals surface area contributed by atoms with Crippen LogP contribution in [0.15, 0.2) is 59.3 Å². The monoisotopic (exact) mass is 472 g/mol. The maximum atomic E-state index is 10.5. The smallest absolute Gasteiger partial charge is 0.0822 e. The summed E-state index contributed by atoms with van der Waals surface area (Å²) >= 11 is 1.96. The average Bonchev–Trinajstić information content (AvgIpc) is 3.15. The molecule has 0 aromatic carbocycles. The minimum absolute atomic E-state index is 0.203. The standard InChI is InChI=1S/C29H44O3S/c1-6-29(32,7-2)16-9-17-33-21(4)25-13-14-26-22(10-8-15-28(25,26)5)11-12-23-18-24(30)19-27(31)20(23)3/h9,11-13,16,21,24,26-27,30-32H,3,6-8,10,14-15,17-19H2,1-2,4-5H3/b16-9+,22-11?,23-12?/t21-,24+,26-,27-,28+/m0/s1. The molecule has 3 rings (SSSR count). The van der Waals surface area contributed by atoms with E-state index in [0.29, 0.717) is 24.0 Å². The number of rotatable bonds is 8. The molecule has 2 fully saturated rings. The van der Waals surface area contributed by atoms with Crippen molar-refractivity contribution in [2.24, 2.45) is 11.3 Å². The molecule has 0 bridgehead atoms. The van der Waals surface area contributed by atoms with Gasteiger partial charge in [-0.15, -0.1) is 0 Å². The van der Waals surface area contributed by atoms with Crippen LogP contribution in [0.5, 0.6) is 0 Å². The molecular weight excluding hydrogens is 428 g/mol. The van der Waals surface area contributed by atoms with Gasteiger partial charge in [0.2, 0.25) is 0 Å². The first kappa shape index (κ1) is 26.5.